The van der Waals surface area contributed by atoms with Crippen molar-refractivity contribution < 1.29 is 14.7 Å². The van der Waals surface area contributed by atoms with Crippen molar-refractivity contribution in [1.82, 2.24) is 9.78 Å². The quantitative estimate of drug-likeness (QED) is 0.656. The average Bonchev–Trinajstić information content (AvgIpc) is 3.30. The van der Waals surface area contributed by atoms with Gasteiger partial charge in [-0.3, -0.25) is 4.79 Å². The normalized spacial score (nSPS) is 8.97. The molecule has 1 aromatic heterocycles. The molecular weight excluding hydrogens is 366 g/mol. The molecule has 1 heterocycles. The van der Waals surface area contributed by atoms with Gasteiger partial charge in [-0.1, -0.05) is 39.5 Å². The van der Waals surface area contributed by atoms with Gasteiger partial charge < -0.3 is 10.8 Å². The first kappa shape index (κ1) is 23.2. The highest BCUT2D eigenvalue weighted by Crippen LogP contribution is 2.16. The molecule has 6 nitrogen and oxygen atoms in total. The van der Waals surface area contributed by atoms with Crippen LogP contribution in [0.5, 0.6) is 0 Å². The lowest BCUT2D eigenvalue weighted by molar-refractivity contribution is 0.0696. The van der Waals surface area contributed by atoms with Crippen molar-refractivity contribution >= 4 is 11.9 Å². The van der Waals surface area contributed by atoms with Gasteiger partial charge in [-0.05, 0) is 48.5 Å². The van der Waals surface area contributed by atoms with Gasteiger partial charge >= 0.3 is 5.97 Å². The van der Waals surface area contributed by atoms with E-state index in [0.29, 0.717) is 22.4 Å². The van der Waals surface area contributed by atoms with Crippen molar-refractivity contribution in [3.05, 3.63) is 83.2 Å². The fraction of sp³-hybridized carbons (Fsp3) is 0.174. The lowest BCUT2D eigenvalue weighted by atomic mass is 10.1. The molecule has 0 fully saturated rings. The summed E-state index contributed by atoms with van der Waals surface area (Å²) in [7, 11) is 0. The third-order valence-electron chi connectivity index (χ3n) is 3.51. The molecule has 0 saturated heterocycles. The molecule has 0 aliphatic heterocycles. The Labute approximate surface area is 171 Å². The number of aromatic carboxylic acids is 1. The highest BCUT2D eigenvalue weighted by molar-refractivity contribution is 5.92. The van der Waals surface area contributed by atoms with Crippen molar-refractivity contribution in [2.24, 2.45) is 5.73 Å². The number of carboxylic acid groups (broad SMARTS) is 1. The fourth-order valence-electron chi connectivity index (χ4n) is 2.24. The number of benzene rings is 2. The molecule has 29 heavy (non-hydrogen) atoms. The molecule has 0 saturated carbocycles. The fourth-order valence-corrected chi connectivity index (χ4v) is 2.24. The van der Waals surface area contributed by atoms with Crippen molar-refractivity contribution in [2.45, 2.75) is 27.7 Å². The van der Waals surface area contributed by atoms with Crippen molar-refractivity contribution in [2.75, 3.05) is 0 Å². The van der Waals surface area contributed by atoms with Crippen LogP contribution in [0.1, 0.15) is 59.5 Å². The van der Waals surface area contributed by atoms with E-state index in [9.17, 15) is 14.7 Å². The summed E-state index contributed by atoms with van der Waals surface area (Å²) >= 11 is 0. The topological polar surface area (TPSA) is 98.2 Å². The van der Waals surface area contributed by atoms with Crippen LogP contribution in [0.2, 0.25) is 0 Å². The minimum Gasteiger partial charge on any atom is -0.478 e. The zero-order chi connectivity index (χ0) is 21.8. The van der Waals surface area contributed by atoms with E-state index in [-0.39, 0.29) is 5.56 Å². The molecule has 0 spiro atoms. The molecular formula is C23H25N3O3. The molecule has 0 aliphatic carbocycles. The summed E-state index contributed by atoms with van der Waals surface area (Å²) in [4.78, 5) is 22.3. The van der Waals surface area contributed by atoms with E-state index in [1.54, 1.807) is 53.5 Å². The molecule has 1 amide bonds. The number of nitrogens with two attached hydrogens (primary N) is 1. The largest absolute Gasteiger partial charge is 0.478 e. The van der Waals surface area contributed by atoms with Gasteiger partial charge in [0.05, 0.1) is 16.8 Å². The van der Waals surface area contributed by atoms with Crippen LogP contribution in [-0.2, 0) is 0 Å². The van der Waals surface area contributed by atoms with Crippen LogP contribution in [0.25, 0.3) is 5.69 Å². The Morgan fingerprint density at radius 2 is 1.59 bits per heavy atom. The van der Waals surface area contributed by atoms with Crippen molar-refractivity contribution in [1.29, 1.82) is 0 Å². The molecule has 0 atom stereocenters. The molecule has 0 bridgehead atoms. The summed E-state index contributed by atoms with van der Waals surface area (Å²) in [6.07, 6.45) is 3.38. The van der Waals surface area contributed by atoms with Crippen LogP contribution in [0.3, 0.4) is 0 Å². The Morgan fingerprint density at radius 3 is 2.10 bits per heavy atom. The molecule has 150 valence electrons. The predicted octanol–water partition coefficient (Wildman–Crippen LogP) is 4.12. The lowest BCUT2D eigenvalue weighted by Crippen LogP contribution is -2.10. The van der Waals surface area contributed by atoms with E-state index < -0.39 is 11.9 Å². The van der Waals surface area contributed by atoms with Gasteiger partial charge in [0.1, 0.15) is 0 Å². The first-order chi connectivity index (χ1) is 14.0. The second kappa shape index (κ2) is 11.8. The van der Waals surface area contributed by atoms with E-state index >= 15 is 0 Å². The van der Waals surface area contributed by atoms with Crippen LogP contribution in [0.15, 0.2) is 60.9 Å². The zero-order valence-electron chi connectivity index (χ0n) is 17.0. The van der Waals surface area contributed by atoms with Gasteiger partial charge in [-0.15, -0.1) is 0 Å². The van der Waals surface area contributed by atoms with Crippen LogP contribution < -0.4 is 5.73 Å². The van der Waals surface area contributed by atoms with E-state index in [1.165, 1.54) is 12.1 Å². The summed E-state index contributed by atoms with van der Waals surface area (Å²) in [5.41, 5.74) is 7.63. The average molecular weight is 391 g/mol. The van der Waals surface area contributed by atoms with E-state index in [2.05, 4.69) is 16.9 Å². The molecule has 0 unspecified atom stereocenters. The Balaban J connectivity index is 0.000000989. The van der Waals surface area contributed by atoms with Crippen LogP contribution in [0, 0.1) is 11.8 Å². The maximum absolute atomic E-state index is 11.2. The zero-order valence-corrected chi connectivity index (χ0v) is 17.0. The van der Waals surface area contributed by atoms with Gasteiger partial charge in [0, 0.05) is 23.5 Å². The van der Waals surface area contributed by atoms with Crippen LogP contribution in [0.4, 0.5) is 0 Å². The number of nitrogens with zero attached hydrogens (tertiary/aromatic N) is 2. The summed E-state index contributed by atoms with van der Waals surface area (Å²) in [6.45, 7) is 8.00. The summed E-state index contributed by atoms with van der Waals surface area (Å²) in [6, 6.07) is 13.0. The molecule has 3 N–H and O–H groups in total. The Morgan fingerprint density at radius 1 is 0.966 bits per heavy atom. The number of aromatic nitrogens is 2. The third kappa shape index (κ3) is 6.36. The highest BCUT2D eigenvalue weighted by atomic mass is 16.4. The summed E-state index contributed by atoms with van der Waals surface area (Å²) in [5.74, 6) is 4.40. The minimum absolute atomic E-state index is 0.143. The number of carboxylic acids is 1. The second-order valence-corrected chi connectivity index (χ2v) is 5.18. The maximum Gasteiger partial charge on any atom is 0.335 e. The second-order valence-electron chi connectivity index (χ2n) is 5.18. The van der Waals surface area contributed by atoms with Gasteiger partial charge in [0.2, 0.25) is 5.91 Å². The van der Waals surface area contributed by atoms with Gasteiger partial charge in [0.15, 0.2) is 0 Å². The van der Waals surface area contributed by atoms with Crippen molar-refractivity contribution in [3.8, 4) is 17.5 Å². The Bertz CT molecular complexity index is 996. The van der Waals surface area contributed by atoms with Crippen molar-refractivity contribution in [3.63, 3.8) is 0 Å². The first-order valence-electron chi connectivity index (χ1n) is 9.34. The number of carbonyl (C=O) groups is 2. The summed E-state index contributed by atoms with van der Waals surface area (Å²) < 4.78 is 1.62. The Hall–Kier alpha value is -3.85. The predicted molar refractivity (Wildman–Crippen MR) is 114 cm³/mol. The lowest BCUT2D eigenvalue weighted by Gasteiger charge is -2.06. The van der Waals surface area contributed by atoms with Crippen LogP contribution >= 0.6 is 0 Å². The van der Waals surface area contributed by atoms with Crippen LogP contribution in [-0.4, -0.2) is 26.8 Å². The first-order valence-corrected chi connectivity index (χ1v) is 9.34. The smallest absolute Gasteiger partial charge is 0.335 e. The summed E-state index contributed by atoms with van der Waals surface area (Å²) in [5, 5.41) is 13.3. The van der Waals surface area contributed by atoms with Gasteiger partial charge in [0.25, 0.3) is 0 Å². The number of carbonyl (C=O) groups excluding carboxylic acids is 1. The molecule has 6 heteroatoms. The number of hydrogen-bond donors (Lipinski definition) is 2. The van der Waals surface area contributed by atoms with Gasteiger partial charge in [-0.25, -0.2) is 9.48 Å². The number of rotatable bonds is 3. The molecule has 2 aromatic carbocycles. The number of amides is 1. The molecule has 0 aliphatic rings. The third-order valence-corrected chi connectivity index (χ3v) is 3.51. The Kier molecular flexibility index (Phi) is 9.42. The van der Waals surface area contributed by atoms with E-state index in [0.717, 1.165) is 0 Å². The monoisotopic (exact) mass is 391 g/mol. The molecule has 3 rings (SSSR count). The van der Waals surface area contributed by atoms with E-state index in [4.69, 9.17) is 5.73 Å². The maximum atomic E-state index is 11.2. The molecule has 3 aromatic rings. The number of primary amides is 1. The molecule has 0 radical (unpaired) electrons. The minimum atomic E-state index is -1.03. The number of hydrogen-bond acceptors (Lipinski definition) is 3. The highest BCUT2D eigenvalue weighted by Gasteiger charge is 2.09. The van der Waals surface area contributed by atoms with Gasteiger partial charge in [-0.2, -0.15) is 5.10 Å². The van der Waals surface area contributed by atoms with E-state index in [1.807, 2.05) is 27.7 Å². The SMILES string of the molecule is CC.CC.NC(=O)c1ccc(C#Cc2cc(C(=O)O)ccc2-n2cccn2)cc1. The standard InChI is InChI=1S/C19H13N3O3.2C2H6/c20-18(23)14-5-2-13(3-6-14)4-7-15-12-16(19(24)25)8-9-17(15)22-11-1-10-21-22;2*1-2/h1-3,5-6,8-12H,(H2,20,23)(H,24,25);2*1-2H3.